The van der Waals surface area contributed by atoms with Crippen molar-refractivity contribution in [3.05, 3.63) is 35.9 Å². The molecule has 96 valence electrons. The molecule has 2 unspecified atom stereocenters. The first-order valence-corrected chi connectivity index (χ1v) is 6.07. The van der Waals surface area contributed by atoms with Gasteiger partial charge in [-0.3, -0.25) is 9.59 Å². The smallest absolute Gasteiger partial charge is 0.316 e. The molecule has 1 aromatic carbocycles. The number of benzene rings is 1. The molecule has 0 aliphatic rings. The Kier molecular flexibility index (Phi) is 5.16. The van der Waals surface area contributed by atoms with Crippen molar-refractivity contribution in [1.29, 1.82) is 0 Å². The number of rotatable bonds is 5. The summed E-state index contributed by atoms with van der Waals surface area (Å²) >= 11 is 5.35. The summed E-state index contributed by atoms with van der Waals surface area (Å²) in [6.45, 7) is 3.16. The molecule has 0 radical (unpaired) electrons. The third kappa shape index (κ3) is 3.23. The number of carbonyl (C=O) groups excluding carboxylic acids is 2. The SMILES string of the molecule is COC(=O)C(C(C)=O)C(C)C(=S)c1ccccc1. The maximum absolute atomic E-state index is 11.6. The van der Waals surface area contributed by atoms with Gasteiger partial charge in [0.05, 0.1) is 7.11 Å². The molecule has 0 aromatic heterocycles. The fraction of sp³-hybridized carbons (Fsp3) is 0.357. The number of ether oxygens (including phenoxy) is 1. The molecule has 18 heavy (non-hydrogen) atoms. The van der Waals surface area contributed by atoms with Crippen LogP contribution >= 0.6 is 12.2 Å². The van der Waals surface area contributed by atoms with Gasteiger partial charge >= 0.3 is 5.97 Å². The Bertz CT molecular complexity index is 453. The molecular formula is C14H16O3S. The lowest BCUT2D eigenvalue weighted by atomic mass is 9.85. The molecule has 0 amide bonds. The van der Waals surface area contributed by atoms with Crippen molar-refractivity contribution in [2.45, 2.75) is 13.8 Å². The monoisotopic (exact) mass is 264 g/mol. The van der Waals surface area contributed by atoms with Crippen molar-refractivity contribution >= 4 is 28.8 Å². The normalized spacial score (nSPS) is 13.5. The van der Waals surface area contributed by atoms with Crippen LogP contribution in [0.5, 0.6) is 0 Å². The molecule has 1 rings (SSSR count). The Morgan fingerprint density at radius 1 is 1.22 bits per heavy atom. The van der Waals surface area contributed by atoms with Gasteiger partial charge in [0.1, 0.15) is 11.7 Å². The van der Waals surface area contributed by atoms with E-state index in [-0.39, 0.29) is 11.7 Å². The number of methoxy groups -OCH3 is 1. The van der Waals surface area contributed by atoms with Gasteiger partial charge in [0.15, 0.2) is 0 Å². The van der Waals surface area contributed by atoms with E-state index in [9.17, 15) is 9.59 Å². The highest BCUT2D eigenvalue weighted by Gasteiger charge is 2.33. The summed E-state index contributed by atoms with van der Waals surface area (Å²) < 4.78 is 4.66. The maximum Gasteiger partial charge on any atom is 0.316 e. The van der Waals surface area contributed by atoms with E-state index < -0.39 is 11.9 Å². The third-order valence-corrected chi connectivity index (χ3v) is 3.47. The number of Topliss-reactive ketones (excluding diaryl/α,β-unsaturated/α-hetero) is 1. The second-order valence-electron chi connectivity index (χ2n) is 4.13. The molecule has 0 saturated heterocycles. The predicted molar refractivity (Wildman–Crippen MR) is 73.5 cm³/mol. The lowest BCUT2D eigenvalue weighted by molar-refractivity contribution is -0.149. The van der Waals surface area contributed by atoms with Crippen LogP contribution in [-0.2, 0) is 14.3 Å². The molecule has 0 heterocycles. The fourth-order valence-corrected chi connectivity index (χ4v) is 2.14. The molecule has 2 atom stereocenters. The molecule has 0 saturated carbocycles. The summed E-state index contributed by atoms with van der Waals surface area (Å²) in [5.41, 5.74) is 0.857. The van der Waals surface area contributed by atoms with E-state index in [1.54, 1.807) is 6.92 Å². The number of hydrogen-bond donors (Lipinski definition) is 0. The summed E-state index contributed by atoms with van der Waals surface area (Å²) in [5, 5.41) is 0. The van der Waals surface area contributed by atoms with Crippen molar-refractivity contribution < 1.29 is 14.3 Å². The topological polar surface area (TPSA) is 43.4 Å². The average molecular weight is 264 g/mol. The zero-order valence-corrected chi connectivity index (χ0v) is 11.5. The van der Waals surface area contributed by atoms with E-state index in [0.29, 0.717) is 4.86 Å². The highest BCUT2D eigenvalue weighted by Crippen LogP contribution is 2.21. The molecule has 0 spiro atoms. The summed E-state index contributed by atoms with van der Waals surface area (Å²) in [7, 11) is 1.27. The average Bonchev–Trinajstić information content (AvgIpc) is 2.38. The number of hydrogen-bond acceptors (Lipinski definition) is 4. The minimum atomic E-state index is -0.831. The second-order valence-corrected chi connectivity index (χ2v) is 4.57. The Balaban J connectivity index is 2.97. The minimum Gasteiger partial charge on any atom is -0.468 e. The number of ketones is 1. The van der Waals surface area contributed by atoms with E-state index in [0.717, 1.165) is 5.56 Å². The van der Waals surface area contributed by atoms with Gasteiger partial charge < -0.3 is 4.74 Å². The van der Waals surface area contributed by atoms with Crippen LogP contribution in [-0.4, -0.2) is 23.7 Å². The van der Waals surface area contributed by atoms with Gasteiger partial charge in [0.2, 0.25) is 0 Å². The largest absolute Gasteiger partial charge is 0.468 e. The van der Waals surface area contributed by atoms with Gasteiger partial charge in [-0.1, -0.05) is 49.5 Å². The lowest BCUT2D eigenvalue weighted by Crippen LogP contribution is -2.33. The number of thiocarbonyl (C=S) groups is 1. The van der Waals surface area contributed by atoms with Crippen LogP contribution < -0.4 is 0 Å². The Morgan fingerprint density at radius 3 is 2.22 bits per heavy atom. The van der Waals surface area contributed by atoms with Crippen molar-refractivity contribution in [2.75, 3.05) is 7.11 Å². The van der Waals surface area contributed by atoms with E-state index in [4.69, 9.17) is 12.2 Å². The van der Waals surface area contributed by atoms with Gasteiger partial charge in [-0.25, -0.2) is 0 Å². The molecule has 0 aliphatic heterocycles. The van der Waals surface area contributed by atoms with E-state index >= 15 is 0 Å². The van der Waals surface area contributed by atoms with Crippen LogP contribution in [0.1, 0.15) is 19.4 Å². The summed E-state index contributed by atoms with van der Waals surface area (Å²) in [6, 6.07) is 9.37. The van der Waals surface area contributed by atoms with E-state index in [1.807, 2.05) is 30.3 Å². The first-order chi connectivity index (χ1) is 8.49. The minimum absolute atomic E-state index is 0.229. The molecular weight excluding hydrogens is 248 g/mol. The molecule has 1 aromatic rings. The molecule has 3 nitrogen and oxygen atoms in total. The van der Waals surface area contributed by atoms with Crippen LogP contribution in [0.15, 0.2) is 30.3 Å². The first-order valence-electron chi connectivity index (χ1n) is 5.66. The molecule has 0 aliphatic carbocycles. The van der Waals surface area contributed by atoms with Gasteiger partial charge in [0, 0.05) is 10.8 Å². The zero-order chi connectivity index (χ0) is 13.7. The third-order valence-electron chi connectivity index (χ3n) is 2.86. The van der Waals surface area contributed by atoms with Crippen LogP contribution in [0.3, 0.4) is 0 Å². The highest BCUT2D eigenvalue weighted by molar-refractivity contribution is 7.80. The van der Waals surface area contributed by atoms with Crippen LogP contribution in [0.2, 0.25) is 0 Å². The van der Waals surface area contributed by atoms with Gasteiger partial charge in [-0.2, -0.15) is 0 Å². The summed E-state index contributed by atoms with van der Waals surface area (Å²) in [6.07, 6.45) is 0. The highest BCUT2D eigenvalue weighted by atomic mass is 32.1. The van der Waals surface area contributed by atoms with Crippen LogP contribution in [0.4, 0.5) is 0 Å². The molecule has 4 heteroatoms. The molecule has 0 bridgehead atoms. The van der Waals surface area contributed by atoms with Crippen LogP contribution in [0.25, 0.3) is 0 Å². The molecule has 0 N–H and O–H groups in total. The standard InChI is InChI=1S/C14H16O3S/c1-9(12(10(2)15)14(16)17-3)13(18)11-7-5-4-6-8-11/h4-9,12H,1-3H3. The lowest BCUT2D eigenvalue weighted by Gasteiger charge is -2.20. The van der Waals surface area contributed by atoms with Gasteiger partial charge in [0.25, 0.3) is 0 Å². The number of esters is 1. The summed E-state index contributed by atoms with van der Waals surface area (Å²) in [4.78, 5) is 23.8. The zero-order valence-electron chi connectivity index (χ0n) is 10.7. The van der Waals surface area contributed by atoms with E-state index in [2.05, 4.69) is 4.74 Å². The van der Waals surface area contributed by atoms with Crippen molar-refractivity contribution in [1.82, 2.24) is 0 Å². The Labute approximate surface area is 112 Å². The van der Waals surface area contributed by atoms with E-state index in [1.165, 1.54) is 14.0 Å². The fourth-order valence-electron chi connectivity index (χ4n) is 1.87. The second kappa shape index (κ2) is 6.40. The van der Waals surface area contributed by atoms with Crippen molar-refractivity contribution in [3.8, 4) is 0 Å². The van der Waals surface area contributed by atoms with Gasteiger partial charge in [-0.15, -0.1) is 0 Å². The molecule has 0 fully saturated rings. The van der Waals surface area contributed by atoms with Crippen LogP contribution in [0, 0.1) is 11.8 Å². The maximum atomic E-state index is 11.6. The first kappa shape index (κ1) is 14.5. The Hall–Kier alpha value is -1.55. The summed E-state index contributed by atoms with van der Waals surface area (Å²) in [5.74, 6) is -1.95. The quantitative estimate of drug-likeness (QED) is 0.354. The van der Waals surface area contributed by atoms with Crippen molar-refractivity contribution in [2.24, 2.45) is 11.8 Å². The number of carbonyl (C=O) groups is 2. The predicted octanol–water partition coefficient (Wildman–Crippen LogP) is 2.42. The van der Waals surface area contributed by atoms with Crippen molar-refractivity contribution in [3.63, 3.8) is 0 Å². The van der Waals surface area contributed by atoms with Gasteiger partial charge in [-0.05, 0) is 12.5 Å². The Morgan fingerprint density at radius 2 is 1.78 bits per heavy atom.